The van der Waals surface area contributed by atoms with E-state index in [0.29, 0.717) is 0 Å². The fourth-order valence-corrected chi connectivity index (χ4v) is 8.19. The molecule has 0 amide bonds. The van der Waals surface area contributed by atoms with Crippen LogP contribution >= 0.6 is 0 Å². The van der Waals surface area contributed by atoms with E-state index < -0.39 is 0 Å². The number of anilines is 3. The largest absolute Gasteiger partial charge is 0.455 e. The first-order chi connectivity index (χ1) is 26.3. The van der Waals surface area contributed by atoms with Crippen LogP contribution in [-0.2, 0) is 0 Å². The van der Waals surface area contributed by atoms with Crippen LogP contribution in [0.1, 0.15) is 0 Å². The molecule has 53 heavy (non-hydrogen) atoms. The zero-order valence-electron chi connectivity index (χ0n) is 28.7. The summed E-state index contributed by atoms with van der Waals surface area (Å²) in [4.78, 5) is 2.35. The van der Waals surface area contributed by atoms with Gasteiger partial charge in [0.2, 0.25) is 0 Å². The summed E-state index contributed by atoms with van der Waals surface area (Å²) in [7, 11) is 0. The second-order valence-corrected chi connectivity index (χ2v) is 13.7. The van der Waals surface area contributed by atoms with Crippen LogP contribution < -0.4 is 4.90 Å². The summed E-state index contributed by atoms with van der Waals surface area (Å²) in [5, 5.41) is 9.29. The molecular formula is C50H31NO2. The molecule has 0 aliphatic carbocycles. The molecule has 11 aromatic rings. The molecule has 2 aromatic heterocycles. The van der Waals surface area contributed by atoms with Gasteiger partial charge in [-0.05, 0) is 80.7 Å². The van der Waals surface area contributed by atoms with E-state index in [0.717, 1.165) is 83.2 Å². The molecule has 0 aliphatic heterocycles. The van der Waals surface area contributed by atoms with Crippen LogP contribution in [0.25, 0.3) is 87.7 Å². The van der Waals surface area contributed by atoms with Gasteiger partial charge in [-0.25, -0.2) is 0 Å². The van der Waals surface area contributed by atoms with Crippen molar-refractivity contribution in [2.75, 3.05) is 4.90 Å². The molecule has 11 rings (SSSR count). The van der Waals surface area contributed by atoms with Crippen molar-refractivity contribution in [1.29, 1.82) is 0 Å². The summed E-state index contributed by atoms with van der Waals surface area (Å²) < 4.78 is 13.3. The maximum atomic E-state index is 6.70. The third kappa shape index (κ3) is 4.68. The second-order valence-electron chi connectivity index (χ2n) is 13.7. The van der Waals surface area contributed by atoms with Gasteiger partial charge in [-0.3, -0.25) is 0 Å². The van der Waals surface area contributed by atoms with Gasteiger partial charge in [0.05, 0.1) is 5.69 Å². The zero-order chi connectivity index (χ0) is 34.9. The Balaban J connectivity index is 1.20. The average Bonchev–Trinajstić information content (AvgIpc) is 3.81. The molecule has 0 saturated carbocycles. The Morgan fingerprint density at radius 1 is 0.321 bits per heavy atom. The van der Waals surface area contributed by atoms with Crippen LogP contribution in [0.4, 0.5) is 17.1 Å². The maximum absolute atomic E-state index is 6.70. The SMILES string of the molecule is c1ccc(-c2cc(N(c3ccc4ccc5ccccc5c4c3)c3cccc4c3oc3ccccc34)ccc2-c2cccc3c2oc2ccccc23)cc1. The molecule has 0 fully saturated rings. The summed E-state index contributed by atoms with van der Waals surface area (Å²) in [6, 6.07) is 66.8. The Bertz CT molecular complexity index is 3190. The maximum Gasteiger partial charge on any atom is 0.159 e. The Morgan fingerprint density at radius 3 is 1.68 bits per heavy atom. The third-order valence-electron chi connectivity index (χ3n) is 10.7. The van der Waals surface area contributed by atoms with Crippen molar-refractivity contribution in [3.63, 3.8) is 0 Å². The van der Waals surface area contributed by atoms with Gasteiger partial charge in [0.15, 0.2) is 5.58 Å². The highest BCUT2D eigenvalue weighted by Crippen LogP contribution is 2.47. The molecule has 0 saturated heterocycles. The molecule has 0 bridgehead atoms. The topological polar surface area (TPSA) is 29.5 Å². The number of furan rings is 2. The van der Waals surface area contributed by atoms with Crippen molar-refractivity contribution in [2.45, 2.75) is 0 Å². The summed E-state index contributed by atoms with van der Waals surface area (Å²) in [6.45, 7) is 0. The highest BCUT2D eigenvalue weighted by atomic mass is 16.3. The molecule has 248 valence electrons. The number of benzene rings is 9. The van der Waals surface area contributed by atoms with Crippen LogP contribution in [-0.4, -0.2) is 0 Å². The van der Waals surface area contributed by atoms with E-state index in [1.165, 1.54) is 21.5 Å². The highest BCUT2D eigenvalue weighted by Gasteiger charge is 2.22. The predicted molar refractivity (Wildman–Crippen MR) is 222 cm³/mol. The molecule has 0 atom stereocenters. The normalized spacial score (nSPS) is 11.8. The van der Waals surface area contributed by atoms with Crippen molar-refractivity contribution < 1.29 is 8.83 Å². The smallest absolute Gasteiger partial charge is 0.159 e. The molecule has 0 spiro atoms. The number of rotatable bonds is 5. The molecule has 0 N–H and O–H groups in total. The first kappa shape index (κ1) is 29.6. The Kier molecular flexibility index (Phi) is 6.55. The van der Waals surface area contributed by atoms with Crippen LogP contribution in [0.2, 0.25) is 0 Å². The number of hydrogen-bond donors (Lipinski definition) is 0. The quantitative estimate of drug-likeness (QED) is 0.170. The number of fused-ring (bicyclic) bond motifs is 9. The first-order valence-electron chi connectivity index (χ1n) is 18.0. The molecule has 3 heteroatoms. The Labute approximate surface area is 305 Å². The summed E-state index contributed by atoms with van der Waals surface area (Å²) in [5.74, 6) is 0. The minimum atomic E-state index is 0.851. The molecule has 0 aliphatic rings. The summed E-state index contributed by atoms with van der Waals surface area (Å²) in [6.07, 6.45) is 0. The van der Waals surface area contributed by atoms with Gasteiger partial charge in [0.1, 0.15) is 16.7 Å². The van der Waals surface area contributed by atoms with E-state index in [9.17, 15) is 0 Å². The highest BCUT2D eigenvalue weighted by molar-refractivity contribution is 6.13. The lowest BCUT2D eigenvalue weighted by molar-refractivity contribution is 0.669. The first-order valence-corrected chi connectivity index (χ1v) is 18.0. The van der Waals surface area contributed by atoms with Crippen molar-refractivity contribution in [2.24, 2.45) is 0 Å². The van der Waals surface area contributed by atoms with Gasteiger partial charge in [0, 0.05) is 38.5 Å². The number of para-hydroxylation sites is 4. The Hall–Kier alpha value is -7.10. The van der Waals surface area contributed by atoms with Crippen molar-refractivity contribution >= 4 is 82.5 Å². The summed E-state index contributed by atoms with van der Waals surface area (Å²) >= 11 is 0. The van der Waals surface area contributed by atoms with Gasteiger partial charge < -0.3 is 13.7 Å². The van der Waals surface area contributed by atoms with Gasteiger partial charge >= 0.3 is 0 Å². The molecule has 0 unspecified atom stereocenters. The van der Waals surface area contributed by atoms with Crippen molar-refractivity contribution in [3.8, 4) is 22.3 Å². The van der Waals surface area contributed by atoms with E-state index in [1.54, 1.807) is 0 Å². The molecule has 3 nitrogen and oxygen atoms in total. The lowest BCUT2D eigenvalue weighted by Gasteiger charge is -2.27. The van der Waals surface area contributed by atoms with Gasteiger partial charge in [-0.1, -0.05) is 146 Å². The van der Waals surface area contributed by atoms with E-state index in [2.05, 4.69) is 169 Å². The minimum absolute atomic E-state index is 0.851. The number of hydrogen-bond acceptors (Lipinski definition) is 3. The van der Waals surface area contributed by atoms with E-state index >= 15 is 0 Å². The van der Waals surface area contributed by atoms with Gasteiger partial charge in [-0.15, -0.1) is 0 Å². The lowest BCUT2D eigenvalue weighted by Crippen LogP contribution is -2.10. The second kappa shape index (κ2) is 11.7. The monoisotopic (exact) mass is 677 g/mol. The van der Waals surface area contributed by atoms with Gasteiger partial charge in [0.25, 0.3) is 0 Å². The fourth-order valence-electron chi connectivity index (χ4n) is 8.19. The van der Waals surface area contributed by atoms with Gasteiger partial charge in [-0.2, -0.15) is 0 Å². The van der Waals surface area contributed by atoms with Crippen molar-refractivity contribution in [1.82, 2.24) is 0 Å². The van der Waals surface area contributed by atoms with E-state index in [4.69, 9.17) is 8.83 Å². The van der Waals surface area contributed by atoms with E-state index in [1.807, 2.05) is 24.3 Å². The van der Waals surface area contributed by atoms with Crippen LogP contribution in [0.15, 0.2) is 197 Å². The average molecular weight is 678 g/mol. The van der Waals surface area contributed by atoms with Crippen LogP contribution in [0, 0.1) is 0 Å². The Morgan fingerprint density at radius 2 is 0.887 bits per heavy atom. The zero-order valence-corrected chi connectivity index (χ0v) is 28.7. The predicted octanol–water partition coefficient (Wildman–Crippen LogP) is 14.6. The summed E-state index contributed by atoms with van der Waals surface area (Å²) in [5.41, 5.74) is 11.0. The van der Waals surface area contributed by atoms with Crippen molar-refractivity contribution in [3.05, 3.63) is 188 Å². The fraction of sp³-hybridized carbons (Fsp3) is 0. The van der Waals surface area contributed by atoms with Crippen LogP contribution in [0.5, 0.6) is 0 Å². The molecular weight excluding hydrogens is 647 g/mol. The van der Waals surface area contributed by atoms with E-state index in [-0.39, 0.29) is 0 Å². The molecule has 9 aromatic carbocycles. The number of nitrogens with zero attached hydrogens (tertiary/aromatic N) is 1. The lowest BCUT2D eigenvalue weighted by atomic mass is 9.92. The third-order valence-corrected chi connectivity index (χ3v) is 10.7. The van der Waals surface area contributed by atoms with Crippen LogP contribution in [0.3, 0.4) is 0 Å². The molecule has 0 radical (unpaired) electrons. The minimum Gasteiger partial charge on any atom is -0.455 e. The molecule has 2 heterocycles. The standard InChI is InChI=1S/C50H31NO2/c1-2-12-32(13-3-1)45-31-36(28-29-38(45)41-18-10-19-42-39-16-6-8-22-47(39)52-49(41)42)51(46-21-11-20-43-40-17-7-9-23-48(40)53-50(43)46)35-27-26-34-25-24-33-14-4-5-15-37(33)44(34)30-35/h1-31H.